The number of benzene rings is 1. The maximum absolute atomic E-state index is 13.4. The molecule has 0 saturated carbocycles. The van der Waals surface area contributed by atoms with E-state index >= 15 is 0 Å². The molecule has 0 aliphatic heterocycles. The van der Waals surface area contributed by atoms with Gasteiger partial charge in [0.25, 0.3) is 5.91 Å². The summed E-state index contributed by atoms with van der Waals surface area (Å²) in [6, 6.07) is 6.81. The molecule has 0 spiro atoms. The second-order valence-corrected chi connectivity index (χ2v) is 4.43. The fourth-order valence-corrected chi connectivity index (χ4v) is 1.65. The van der Waals surface area contributed by atoms with E-state index in [0.717, 1.165) is 6.07 Å². The molecule has 1 N–H and O–H groups in total. The van der Waals surface area contributed by atoms with Gasteiger partial charge in [0.1, 0.15) is 5.82 Å². The summed E-state index contributed by atoms with van der Waals surface area (Å²) in [4.78, 5) is 26.9. The van der Waals surface area contributed by atoms with Crippen LogP contribution in [0.2, 0.25) is 5.02 Å². The van der Waals surface area contributed by atoms with Crippen LogP contribution in [0, 0.1) is 5.82 Å². The predicted molar refractivity (Wildman–Crippen MR) is 74.6 cm³/mol. The topological polar surface area (TPSA) is 68.3 Å². The molecule has 21 heavy (non-hydrogen) atoms. The van der Waals surface area contributed by atoms with Crippen LogP contribution in [-0.2, 0) is 9.53 Å². The molecule has 7 heteroatoms. The molecule has 0 aliphatic rings. The molecular formula is C14H10ClFN2O3. The molecule has 0 bridgehead atoms. The van der Waals surface area contributed by atoms with Crippen molar-refractivity contribution in [3.8, 4) is 0 Å². The van der Waals surface area contributed by atoms with Crippen LogP contribution in [-0.4, -0.2) is 23.5 Å². The molecule has 108 valence electrons. The van der Waals surface area contributed by atoms with Crippen molar-refractivity contribution in [2.75, 3.05) is 11.9 Å². The molecule has 0 atom stereocenters. The Labute approximate surface area is 124 Å². The largest absolute Gasteiger partial charge is 0.452 e. The maximum atomic E-state index is 13.4. The van der Waals surface area contributed by atoms with Crippen molar-refractivity contribution < 1.29 is 18.7 Å². The normalized spacial score (nSPS) is 10.0. The summed E-state index contributed by atoms with van der Waals surface area (Å²) in [6.45, 7) is -0.542. The van der Waals surface area contributed by atoms with Crippen molar-refractivity contribution in [1.82, 2.24) is 4.98 Å². The first kappa shape index (κ1) is 14.9. The third kappa shape index (κ3) is 4.25. The lowest BCUT2D eigenvalue weighted by Crippen LogP contribution is -2.21. The first-order valence-electron chi connectivity index (χ1n) is 5.88. The van der Waals surface area contributed by atoms with Gasteiger partial charge in [-0.1, -0.05) is 11.6 Å². The molecule has 1 amide bonds. The van der Waals surface area contributed by atoms with Gasteiger partial charge in [0.05, 0.1) is 11.3 Å². The van der Waals surface area contributed by atoms with Gasteiger partial charge in [0.2, 0.25) is 0 Å². The van der Waals surface area contributed by atoms with Gasteiger partial charge in [-0.05, 0) is 30.3 Å². The van der Waals surface area contributed by atoms with E-state index in [-0.39, 0.29) is 16.3 Å². The third-order valence-corrected chi connectivity index (χ3v) is 2.67. The number of esters is 1. The van der Waals surface area contributed by atoms with Gasteiger partial charge in [-0.2, -0.15) is 0 Å². The van der Waals surface area contributed by atoms with Gasteiger partial charge < -0.3 is 10.1 Å². The average molecular weight is 309 g/mol. The molecule has 1 aromatic carbocycles. The van der Waals surface area contributed by atoms with E-state index in [1.165, 1.54) is 30.6 Å². The second-order valence-electron chi connectivity index (χ2n) is 3.99. The van der Waals surface area contributed by atoms with Crippen LogP contribution < -0.4 is 5.32 Å². The summed E-state index contributed by atoms with van der Waals surface area (Å²) in [5.41, 5.74) is 0.143. The lowest BCUT2D eigenvalue weighted by Gasteiger charge is -2.07. The summed E-state index contributed by atoms with van der Waals surface area (Å²) < 4.78 is 18.2. The number of nitrogens with zero attached hydrogens (tertiary/aromatic N) is 1. The Kier molecular flexibility index (Phi) is 4.84. The van der Waals surface area contributed by atoms with Crippen molar-refractivity contribution in [2.24, 2.45) is 0 Å². The van der Waals surface area contributed by atoms with Crippen molar-refractivity contribution in [3.63, 3.8) is 0 Å². The number of anilines is 1. The number of amides is 1. The molecular weight excluding hydrogens is 299 g/mol. The first-order chi connectivity index (χ1) is 10.1. The minimum Gasteiger partial charge on any atom is -0.452 e. The molecule has 2 aromatic rings. The van der Waals surface area contributed by atoms with E-state index in [1.807, 2.05) is 0 Å². The van der Waals surface area contributed by atoms with Crippen molar-refractivity contribution in [3.05, 3.63) is 59.1 Å². The smallest absolute Gasteiger partial charge is 0.340 e. The zero-order valence-electron chi connectivity index (χ0n) is 10.7. The summed E-state index contributed by atoms with van der Waals surface area (Å²) in [5.74, 6) is -2.00. The van der Waals surface area contributed by atoms with Crippen LogP contribution >= 0.6 is 11.6 Å². The molecule has 0 saturated heterocycles. The van der Waals surface area contributed by atoms with Gasteiger partial charge in [-0.3, -0.25) is 9.78 Å². The summed E-state index contributed by atoms with van der Waals surface area (Å²) in [6.07, 6.45) is 2.82. The highest BCUT2D eigenvalue weighted by molar-refractivity contribution is 6.30. The zero-order valence-corrected chi connectivity index (χ0v) is 11.4. The highest BCUT2D eigenvalue weighted by Crippen LogP contribution is 2.19. The maximum Gasteiger partial charge on any atom is 0.340 e. The molecule has 0 radical (unpaired) electrons. The number of pyridine rings is 1. The van der Waals surface area contributed by atoms with Gasteiger partial charge in [-0.15, -0.1) is 0 Å². The Morgan fingerprint density at radius 2 is 2.14 bits per heavy atom. The highest BCUT2D eigenvalue weighted by Gasteiger charge is 2.12. The molecule has 0 unspecified atom stereocenters. The number of hydrogen-bond acceptors (Lipinski definition) is 4. The summed E-state index contributed by atoms with van der Waals surface area (Å²) in [7, 11) is 0. The monoisotopic (exact) mass is 308 g/mol. The second kappa shape index (κ2) is 6.81. The SMILES string of the molecule is O=C(COC(=O)c1cccnc1)Nc1cc(Cl)ccc1F. The standard InChI is InChI=1S/C14H10ClFN2O3/c15-10-3-4-11(16)12(6-10)18-13(19)8-21-14(20)9-2-1-5-17-7-9/h1-7H,8H2,(H,18,19). The van der Waals surface area contributed by atoms with E-state index < -0.39 is 24.3 Å². The number of halogens is 2. The Hall–Kier alpha value is -2.47. The van der Waals surface area contributed by atoms with Crippen molar-refractivity contribution >= 4 is 29.2 Å². The minimum atomic E-state index is -0.690. The van der Waals surface area contributed by atoms with Gasteiger partial charge in [0.15, 0.2) is 6.61 Å². The average Bonchev–Trinajstić information content (AvgIpc) is 2.49. The van der Waals surface area contributed by atoms with Crippen molar-refractivity contribution in [1.29, 1.82) is 0 Å². The Morgan fingerprint density at radius 1 is 1.33 bits per heavy atom. The first-order valence-corrected chi connectivity index (χ1v) is 6.26. The zero-order chi connectivity index (χ0) is 15.2. The van der Waals surface area contributed by atoms with E-state index in [9.17, 15) is 14.0 Å². The Bertz CT molecular complexity index is 665. The molecule has 1 heterocycles. The van der Waals surface area contributed by atoms with Crippen LogP contribution in [0.4, 0.5) is 10.1 Å². The third-order valence-electron chi connectivity index (χ3n) is 2.43. The van der Waals surface area contributed by atoms with Crippen LogP contribution in [0.15, 0.2) is 42.7 Å². The molecule has 2 rings (SSSR count). The van der Waals surface area contributed by atoms with Crippen molar-refractivity contribution in [2.45, 2.75) is 0 Å². The Morgan fingerprint density at radius 3 is 2.86 bits per heavy atom. The highest BCUT2D eigenvalue weighted by atomic mass is 35.5. The fourth-order valence-electron chi connectivity index (χ4n) is 1.48. The minimum absolute atomic E-state index is 0.0788. The van der Waals surface area contributed by atoms with Crippen LogP contribution in [0.3, 0.4) is 0 Å². The number of rotatable bonds is 4. The van der Waals surface area contributed by atoms with E-state index in [2.05, 4.69) is 10.3 Å². The van der Waals surface area contributed by atoms with Gasteiger partial charge >= 0.3 is 5.97 Å². The fraction of sp³-hybridized carbons (Fsp3) is 0.0714. The van der Waals surface area contributed by atoms with E-state index in [4.69, 9.17) is 16.3 Å². The number of nitrogens with one attached hydrogen (secondary N) is 1. The lowest BCUT2D eigenvalue weighted by molar-refractivity contribution is -0.119. The van der Waals surface area contributed by atoms with Crippen LogP contribution in [0.25, 0.3) is 0 Å². The van der Waals surface area contributed by atoms with Gasteiger partial charge in [-0.25, -0.2) is 9.18 Å². The quantitative estimate of drug-likeness (QED) is 0.882. The molecule has 1 aromatic heterocycles. The lowest BCUT2D eigenvalue weighted by atomic mass is 10.3. The molecule has 0 fully saturated rings. The van der Waals surface area contributed by atoms with Crippen LogP contribution in [0.5, 0.6) is 0 Å². The number of carbonyl (C=O) groups excluding carboxylic acids is 2. The van der Waals surface area contributed by atoms with E-state index in [1.54, 1.807) is 6.07 Å². The number of ether oxygens (including phenoxy) is 1. The molecule has 5 nitrogen and oxygen atoms in total. The summed E-state index contributed by atoms with van der Waals surface area (Å²) in [5, 5.41) is 2.54. The van der Waals surface area contributed by atoms with E-state index in [0.29, 0.717) is 0 Å². The summed E-state index contributed by atoms with van der Waals surface area (Å²) >= 11 is 5.70. The number of aromatic nitrogens is 1. The van der Waals surface area contributed by atoms with Crippen LogP contribution in [0.1, 0.15) is 10.4 Å². The Balaban J connectivity index is 1.91. The van der Waals surface area contributed by atoms with Gasteiger partial charge in [0, 0.05) is 17.4 Å². The predicted octanol–water partition coefficient (Wildman–Crippen LogP) is 2.67. The number of hydrogen-bond donors (Lipinski definition) is 1. The molecule has 0 aliphatic carbocycles. The number of carbonyl (C=O) groups is 2.